The predicted octanol–water partition coefficient (Wildman–Crippen LogP) is 5.36. The second-order valence-electron chi connectivity index (χ2n) is 8.09. The van der Waals surface area contributed by atoms with Crippen LogP contribution >= 0.6 is 23.4 Å². The highest BCUT2D eigenvalue weighted by atomic mass is 35.5. The van der Waals surface area contributed by atoms with E-state index in [4.69, 9.17) is 16.3 Å². The van der Waals surface area contributed by atoms with Gasteiger partial charge in [0.15, 0.2) is 0 Å². The molecule has 0 fully saturated rings. The summed E-state index contributed by atoms with van der Waals surface area (Å²) < 4.78 is 5.21. The van der Waals surface area contributed by atoms with Crippen LogP contribution < -0.4 is 10.1 Å². The summed E-state index contributed by atoms with van der Waals surface area (Å²) in [5.74, 6) is 1.53. The van der Waals surface area contributed by atoms with Gasteiger partial charge >= 0.3 is 0 Å². The normalized spacial score (nSPS) is 11.5. The van der Waals surface area contributed by atoms with Crippen LogP contribution in [-0.2, 0) is 28.3 Å². The van der Waals surface area contributed by atoms with Gasteiger partial charge in [0.25, 0.3) is 0 Å². The summed E-state index contributed by atoms with van der Waals surface area (Å²) in [4.78, 5) is 28.4. The maximum atomic E-state index is 13.5. The van der Waals surface area contributed by atoms with Crippen LogP contribution in [0.25, 0.3) is 0 Å². The molecule has 0 aliphatic rings. The topological polar surface area (TPSA) is 58.6 Å². The fraction of sp³-hybridized carbons (Fsp3) is 0.286. The van der Waals surface area contributed by atoms with Gasteiger partial charge in [0, 0.05) is 30.3 Å². The van der Waals surface area contributed by atoms with Crippen molar-refractivity contribution in [2.75, 3.05) is 19.4 Å². The maximum Gasteiger partial charge on any atom is 0.243 e. The Morgan fingerprint density at radius 3 is 2.23 bits per heavy atom. The second-order valence-corrected chi connectivity index (χ2v) is 9.51. The third-order valence-electron chi connectivity index (χ3n) is 5.54. The molecule has 7 heteroatoms. The molecule has 0 radical (unpaired) electrons. The maximum absolute atomic E-state index is 13.5. The molecule has 0 heterocycles. The molecule has 3 aromatic rings. The molecular formula is C28H31ClN2O3S. The highest BCUT2D eigenvalue weighted by molar-refractivity contribution is 7.99. The van der Waals surface area contributed by atoms with E-state index in [1.807, 2.05) is 73.7 Å². The molecule has 0 bridgehead atoms. The van der Waals surface area contributed by atoms with E-state index in [1.165, 1.54) is 11.8 Å². The predicted molar refractivity (Wildman–Crippen MR) is 144 cm³/mol. The van der Waals surface area contributed by atoms with Gasteiger partial charge in [0.1, 0.15) is 11.8 Å². The minimum absolute atomic E-state index is 0.0781. The number of methoxy groups -OCH3 is 1. The van der Waals surface area contributed by atoms with E-state index in [9.17, 15) is 9.59 Å². The standard InChI is InChI=1S/C28H31ClN2O3S/c1-3-30-28(33)26(17-21-7-5-4-6-8-21)31(18-22-9-13-24(29)14-10-22)27(32)20-35-19-23-11-15-25(34-2)16-12-23/h4-16,26H,3,17-20H2,1-2H3,(H,30,33). The number of hydrogen-bond donors (Lipinski definition) is 1. The van der Waals surface area contributed by atoms with Gasteiger partial charge in [0.05, 0.1) is 12.9 Å². The molecule has 0 saturated heterocycles. The van der Waals surface area contributed by atoms with Gasteiger partial charge in [-0.2, -0.15) is 0 Å². The van der Waals surface area contributed by atoms with E-state index in [2.05, 4.69) is 5.32 Å². The van der Waals surface area contributed by atoms with Gasteiger partial charge in [-0.25, -0.2) is 0 Å². The van der Waals surface area contributed by atoms with Crippen LogP contribution in [0.3, 0.4) is 0 Å². The minimum Gasteiger partial charge on any atom is -0.497 e. The molecule has 2 amide bonds. The number of likely N-dealkylation sites (N-methyl/N-ethyl adjacent to an activating group) is 1. The van der Waals surface area contributed by atoms with Crippen molar-refractivity contribution in [1.29, 1.82) is 0 Å². The third-order valence-corrected chi connectivity index (χ3v) is 6.78. The fourth-order valence-corrected chi connectivity index (χ4v) is 4.69. The quantitative estimate of drug-likeness (QED) is 0.356. The highest BCUT2D eigenvalue weighted by Gasteiger charge is 2.30. The van der Waals surface area contributed by atoms with Crippen molar-refractivity contribution in [3.8, 4) is 5.75 Å². The van der Waals surface area contributed by atoms with Crippen LogP contribution in [-0.4, -0.2) is 42.2 Å². The van der Waals surface area contributed by atoms with Gasteiger partial charge in [-0.05, 0) is 47.9 Å². The highest BCUT2D eigenvalue weighted by Crippen LogP contribution is 2.20. The van der Waals surface area contributed by atoms with Gasteiger partial charge in [0.2, 0.25) is 11.8 Å². The first-order valence-electron chi connectivity index (χ1n) is 11.6. The monoisotopic (exact) mass is 510 g/mol. The third kappa shape index (κ3) is 8.34. The SMILES string of the molecule is CCNC(=O)C(Cc1ccccc1)N(Cc1ccc(Cl)cc1)C(=O)CSCc1ccc(OC)cc1. The van der Waals surface area contributed by atoms with Crippen molar-refractivity contribution < 1.29 is 14.3 Å². The Hall–Kier alpha value is -2.96. The zero-order chi connectivity index (χ0) is 25.0. The van der Waals surface area contributed by atoms with E-state index in [1.54, 1.807) is 24.1 Å². The summed E-state index contributed by atoms with van der Waals surface area (Å²) >= 11 is 7.60. The van der Waals surface area contributed by atoms with Crippen molar-refractivity contribution in [3.05, 3.63) is 101 Å². The van der Waals surface area contributed by atoms with Crippen LogP contribution in [0.15, 0.2) is 78.9 Å². The number of thioether (sulfide) groups is 1. The molecule has 0 aliphatic heterocycles. The van der Waals surface area contributed by atoms with E-state index >= 15 is 0 Å². The molecule has 35 heavy (non-hydrogen) atoms. The van der Waals surface area contributed by atoms with Crippen molar-refractivity contribution >= 4 is 35.2 Å². The van der Waals surface area contributed by atoms with Crippen molar-refractivity contribution in [2.45, 2.75) is 31.7 Å². The zero-order valence-corrected chi connectivity index (χ0v) is 21.6. The van der Waals surface area contributed by atoms with Gasteiger partial charge in [-0.15, -0.1) is 11.8 Å². The van der Waals surface area contributed by atoms with Crippen LogP contribution in [0.2, 0.25) is 5.02 Å². The summed E-state index contributed by atoms with van der Waals surface area (Å²) in [6.07, 6.45) is 0.440. The molecule has 0 spiro atoms. The largest absolute Gasteiger partial charge is 0.497 e. The summed E-state index contributed by atoms with van der Waals surface area (Å²) in [5, 5.41) is 3.55. The molecule has 1 N–H and O–H groups in total. The molecule has 0 aromatic heterocycles. The van der Waals surface area contributed by atoms with Crippen molar-refractivity contribution in [2.24, 2.45) is 0 Å². The van der Waals surface area contributed by atoms with Crippen LogP contribution in [0, 0.1) is 0 Å². The molecule has 184 valence electrons. The summed E-state index contributed by atoms with van der Waals surface area (Å²) in [6, 6.07) is 24.4. The lowest BCUT2D eigenvalue weighted by Crippen LogP contribution is -2.51. The van der Waals surface area contributed by atoms with Crippen LogP contribution in [0.1, 0.15) is 23.6 Å². The number of rotatable bonds is 12. The zero-order valence-electron chi connectivity index (χ0n) is 20.1. The smallest absolute Gasteiger partial charge is 0.243 e. The number of carbonyl (C=O) groups is 2. The molecule has 0 saturated carbocycles. The average molecular weight is 511 g/mol. The van der Waals surface area contributed by atoms with E-state index in [0.29, 0.717) is 30.3 Å². The number of benzene rings is 3. The van der Waals surface area contributed by atoms with Crippen LogP contribution in [0.4, 0.5) is 0 Å². The second kappa shape index (κ2) is 13.8. The first-order valence-corrected chi connectivity index (χ1v) is 13.1. The van der Waals surface area contributed by atoms with Gasteiger partial charge in [-0.3, -0.25) is 9.59 Å². The number of carbonyl (C=O) groups excluding carboxylic acids is 2. The fourth-order valence-electron chi connectivity index (χ4n) is 3.69. The van der Waals surface area contributed by atoms with Crippen molar-refractivity contribution in [1.82, 2.24) is 10.2 Å². The number of ether oxygens (including phenoxy) is 1. The Labute approximate surface area is 216 Å². The molecule has 1 atom stereocenters. The minimum atomic E-state index is -0.623. The van der Waals surface area contributed by atoms with Crippen LogP contribution in [0.5, 0.6) is 5.75 Å². The van der Waals surface area contributed by atoms with Gasteiger partial charge < -0.3 is 15.0 Å². The van der Waals surface area contributed by atoms with E-state index in [-0.39, 0.29) is 17.6 Å². The van der Waals surface area contributed by atoms with E-state index < -0.39 is 6.04 Å². The summed E-state index contributed by atoms with van der Waals surface area (Å²) in [6.45, 7) is 2.71. The van der Waals surface area contributed by atoms with Crippen molar-refractivity contribution in [3.63, 3.8) is 0 Å². The lowest BCUT2D eigenvalue weighted by molar-refractivity contribution is -0.139. The lowest BCUT2D eigenvalue weighted by Gasteiger charge is -2.31. The number of nitrogens with zero attached hydrogens (tertiary/aromatic N) is 1. The molecular weight excluding hydrogens is 480 g/mol. The Kier molecular flexibility index (Phi) is 10.5. The Morgan fingerprint density at radius 1 is 0.943 bits per heavy atom. The number of halogens is 1. The molecule has 0 aliphatic carbocycles. The number of nitrogens with one attached hydrogen (secondary N) is 1. The van der Waals surface area contributed by atoms with Gasteiger partial charge in [-0.1, -0.05) is 66.2 Å². The Morgan fingerprint density at radius 2 is 1.60 bits per heavy atom. The first-order chi connectivity index (χ1) is 17.0. The molecule has 1 unspecified atom stereocenters. The Balaban J connectivity index is 1.79. The number of hydrogen-bond acceptors (Lipinski definition) is 4. The van der Waals surface area contributed by atoms with E-state index in [0.717, 1.165) is 22.4 Å². The first kappa shape index (κ1) is 26.6. The molecule has 5 nitrogen and oxygen atoms in total. The number of amides is 2. The molecule has 3 aromatic carbocycles. The summed E-state index contributed by atoms with van der Waals surface area (Å²) in [7, 11) is 1.64. The lowest BCUT2D eigenvalue weighted by atomic mass is 10.0. The average Bonchev–Trinajstić information content (AvgIpc) is 2.88. The molecule has 3 rings (SSSR count). The Bertz CT molecular complexity index is 1080. The summed E-state index contributed by atoms with van der Waals surface area (Å²) in [5.41, 5.74) is 3.03.